The van der Waals surface area contributed by atoms with Crippen molar-refractivity contribution in [3.05, 3.63) is 75.7 Å². The van der Waals surface area contributed by atoms with Gasteiger partial charge in [0.25, 0.3) is 5.69 Å². The van der Waals surface area contributed by atoms with Gasteiger partial charge in [-0.05, 0) is 50.0 Å². The molecule has 3 rings (SSSR count). The van der Waals surface area contributed by atoms with E-state index in [2.05, 4.69) is 10.3 Å². The van der Waals surface area contributed by atoms with E-state index in [0.717, 1.165) is 5.56 Å². The molecule has 0 spiro atoms. The van der Waals surface area contributed by atoms with Crippen molar-refractivity contribution < 1.29 is 9.31 Å². The van der Waals surface area contributed by atoms with Crippen molar-refractivity contribution in [1.82, 2.24) is 9.88 Å². The van der Waals surface area contributed by atoms with Crippen molar-refractivity contribution in [2.45, 2.75) is 13.1 Å². The highest BCUT2D eigenvalue weighted by molar-refractivity contribution is 5.96. The van der Waals surface area contributed by atoms with Crippen LogP contribution in [0.4, 0.5) is 15.8 Å². The van der Waals surface area contributed by atoms with Crippen molar-refractivity contribution in [2.24, 2.45) is 0 Å². The van der Waals surface area contributed by atoms with Crippen molar-refractivity contribution in [3.8, 4) is 0 Å². The molecule has 0 bridgehead atoms. The summed E-state index contributed by atoms with van der Waals surface area (Å²) >= 11 is 0. The summed E-state index contributed by atoms with van der Waals surface area (Å²) < 4.78 is 13.9. The fourth-order valence-corrected chi connectivity index (χ4v) is 2.86. The summed E-state index contributed by atoms with van der Waals surface area (Å²) in [6, 6.07) is 11.5. The number of rotatable bonds is 6. The lowest BCUT2D eigenvalue weighted by Crippen LogP contribution is -2.12. The molecule has 0 aliphatic heterocycles. The fraction of sp³-hybridized carbons (Fsp3) is 0.211. The monoisotopic (exact) mass is 354 g/mol. The average Bonchev–Trinajstić information content (AvgIpc) is 2.61. The summed E-state index contributed by atoms with van der Waals surface area (Å²) in [5.74, 6) is -0.232. The highest BCUT2D eigenvalue weighted by Crippen LogP contribution is 2.30. The van der Waals surface area contributed by atoms with Crippen molar-refractivity contribution in [2.75, 3.05) is 19.4 Å². The first-order chi connectivity index (χ1) is 12.5. The molecule has 134 valence electrons. The van der Waals surface area contributed by atoms with Crippen LogP contribution in [0, 0.1) is 15.9 Å². The molecule has 0 unspecified atom stereocenters. The predicted octanol–water partition coefficient (Wildman–Crippen LogP) is 3.96. The third-order valence-corrected chi connectivity index (χ3v) is 4.02. The first-order valence-electron chi connectivity index (χ1n) is 8.13. The predicted molar refractivity (Wildman–Crippen MR) is 99.5 cm³/mol. The first kappa shape index (κ1) is 17.8. The number of nitro benzene ring substituents is 1. The number of pyridine rings is 1. The molecular weight excluding hydrogens is 335 g/mol. The molecule has 0 saturated heterocycles. The Bertz CT molecular complexity index is 959. The second-order valence-electron chi connectivity index (χ2n) is 6.31. The lowest BCUT2D eigenvalue weighted by Gasteiger charge is -2.13. The maximum atomic E-state index is 13.9. The van der Waals surface area contributed by atoms with Crippen molar-refractivity contribution >= 4 is 22.3 Å². The SMILES string of the molecule is CN(C)Cc1cc(CNc2ccc([N+](=O)[O-])c3cccnc23)ccc1F. The molecular formula is C19H19FN4O2. The summed E-state index contributed by atoms with van der Waals surface area (Å²) in [7, 11) is 3.78. The molecule has 3 aromatic rings. The van der Waals surface area contributed by atoms with Gasteiger partial charge in [-0.15, -0.1) is 0 Å². The van der Waals surface area contributed by atoms with E-state index in [4.69, 9.17) is 0 Å². The third-order valence-electron chi connectivity index (χ3n) is 4.02. The zero-order valence-corrected chi connectivity index (χ0v) is 14.6. The van der Waals surface area contributed by atoms with Gasteiger partial charge in [0.2, 0.25) is 0 Å². The van der Waals surface area contributed by atoms with E-state index in [1.807, 2.05) is 25.1 Å². The van der Waals surface area contributed by atoms with Gasteiger partial charge < -0.3 is 10.2 Å². The summed E-state index contributed by atoms with van der Waals surface area (Å²) in [5.41, 5.74) is 2.81. The van der Waals surface area contributed by atoms with Crippen LogP contribution < -0.4 is 5.32 Å². The van der Waals surface area contributed by atoms with Crippen LogP contribution in [0.15, 0.2) is 48.7 Å². The smallest absolute Gasteiger partial charge is 0.278 e. The normalized spacial score (nSPS) is 11.1. The van der Waals surface area contributed by atoms with Crippen LogP contribution in [0.1, 0.15) is 11.1 Å². The topological polar surface area (TPSA) is 71.3 Å². The molecule has 0 saturated carbocycles. The average molecular weight is 354 g/mol. The van der Waals surface area contributed by atoms with Gasteiger partial charge in [0.15, 0.2) is 0 Å². The lowest BCUT2D eigenvalue weighted by atomic mass is 10.1. The molecule has 6 nitrogen and oxygen atoms in total. The van der Waals surface area contributed by atoms with Crippen LogP contribution in [-0.4, -0.2) is 28.9 Å². The number of aromatic nitrogens is 1. The van der Waals surface area contributed by atoms with Gasteiger partial charge in [0, 0.05) is 30.9 Å². The Kier molecular flexibility index (Phi) is 5.09. The Hall–Kier alpha value is -3.06. The van der Waals surface area contributed by atoms with Crippen molar-refractivity contribution in [3.63, 3.8) is 0 Å². The van der Waals surface area contributed by atoms with Crippen LogP contribution in [0.3, 0.4) is 0 Å². The van der Waals surface area contributed by atoms with Crippen LogP contribution in [-0.2, 0) is 13.1 Å². The van der Waals surface area contributed by atoms with E-state index in [1.165, 1.54) is 12.1 Å². The fourth-order valence-electron chi connectivity index (χ4n) is 2.86. The summed E-state index contributed by atoms with van der Waals surface area (Å²) in [4.78, 5) is 16.9. The highest BCUT2D eigenvalue weighted by Gasteiger charge is 2.15. The molecule has 0 aliphatic rings. The first-order valence-corrected chi connectivity index (χ1v) is 8.13. The van der Waals surface area contributed by atoms with E-state index >= 15 is 0 Å². The molecule has 0 fully saturated rings. The Morgan fingerprint density at radius 2 is 2.04 bits per heavy atom. The number of hydrogen-bond donors (Lipinski definition) is 1. The Morgan fingerprint density at radius 1 is 1.23 bits per heavy atom. The maximum Gasteiger partial charge on any atom is 0.278 e. The number of anilines is 1. The minimum atomic E-state index is -0.415. The summed E-state index contributed by atoms with van der Waals surface area (Å²) in [6.45, 7) is 0.978. The number of hydrogen-bond acceptors (Lipinski definition) is 5. The molecule has 0 atom stereocenters. The van der Waals surface area contributed by atoms with Gasteiger partial charge in [0.05, 0.1) is 16.0 Å². The number of nitro groups is 1. The minimum Gasteiger partial charge on any atom is -0.379 e. The number of benzene rings is 2. The number of nitrogens with zero attached hydrogens (tertiary/aromatic N) is 3. The molecule has 26 heavy (non-hydrogen) atoms. The molecule has 0 amide bonds. The molecule has 1 N–H and O–H groups in total. The molecule has 2 aromatic carbocycles. The van der Waals surface area contributed by atoms with Crippen LogP contribution in [0.25, 0.3) is 10.9 Å². The van der Waals surface area contributed by atoms with Gasteiger partial charge >= 0.3 is 0 Å². The van der Waals surface area contributed by atoms with Crippen LogP contribution in [0.5, 0.6) is 0 Å². The maximum absolute atomic E-state index is 13.9. The Balaban J connectivity index is 1.87. The van der Waals surface area contributed by atoms with Gasteiger partial charge in [0.1, 0.15) is 11.3 Å². The standard InChI is InChI=1S/C19H19FN4O2/c1-23(2)12-14-10-13(5-6-16(14)20)11-22-17-7-8-18(24(25)26)15-4-3-9-21-19(15)17/h3-10,22H,11-12H2,1-2H3. The highest BCUT2D eigenvalue weighted by atomic mass is 19.1. The molecule has 7 heteroatoms. The second-order valence-corrected chi connectivity index (χ2v) is 6.31. The van der Waals surface area contributed by atoms with Crippen molar-refractivity contribution in [1.29, 1.82) is 0 Å². The zero-order valence-electron chi connectivity index (χ0n) is 14.6. The van der Waals surface area contributed by atoms with E-state index in [-0.39, 0.29) is 11.5 Å². The van der Waals surface area contributed by atoms with Gasteiger partial charge in [-0.1, -0.05) is 6.07 Å². The van der Waals surface area contributed by atoms with E-state index < -0.39 is 4.92 Å². The third kappa shape index (κ3) is 3.78. The number of halogens is 1. The minimum absolute atomic E-state index is 0.0219. The van der Waals surface area contributed by atoms with Gasteiger partial charge in [-0.3, -0.25) is 15.1 Å². The second kappa shape index (κ2) is 7.45. The summed E-state index contributed by atoms with van der Waals surface area (Å²) in [5, 5.41) is 14.9. The zero-order chi connectivity index (χ0) is 18.7. The van der Waals surface area contributed by atoms with Gasteiger partial charge in [-0.2, -0.15) is 0 Å². The van der Waals surface area contributed by atoms with Gasteiger partial charge in [-0.25, -0.2) is 4.39 Å². The van der Waals surface area contributed by atoms with Crippen LogP contribution in [0.2, 0.25) is 0 Å². The molecule has 1 heterocycles. The number of nitrogens with one attached hydrogen (secondary N) is 1. The summed E-state index contributed by atoms with van der Waals surface area (Å²) in [6.07, 6.45) is 1.60. The number of fused-ring (bicyclic) bond motifs is 1. The lowest BCUT2D eigenvalue weighted by molar-refractivity contribution is -0.383. The molecule has 1 aromatic heterocycles. The number of non-ortho nitro benzene ring substituents is 1. The van der Waals surface area contributed by atoms with E-state index in [1.54, 1.807) is 30.5 Å². The molecule has 0 radical (unpaired) electrons. The molecule has 0 aliphatic carbocycles. The largest absolute Gasteiger partial charge is 0.379 e. The van der Waals surface area contributed by atoms with E-state index in [0.29, 0.717) is 35.2 Å². The van der Waals surface area contributed by atoms with E-state index in [9.17, 15) is 14.5 Å². The van der Waals surface area contributed by atoms with Crippen LogP contribution >= 0.6 is 0 Å². The Morgan fingerprint density at radius 3 is 2.77 bits per heavy atom. The Labute approximate surface area is 150 Å². The quantitative estimate of drug-likeness (QED) is 0.536.